The molecule has 156 valence electrons. The van der Waals surface area contributed by atoms with Crippen molar-refractivity contribution >= 4 is 34.4 Å². The van der Waals surface area contributed by atoms with E-state index in [-0.39, 0.29) is 11.8 Å². The van der Waals surface area contributed by atoms with Gasteiger partial charge in [0.05, 0.1) is 20.8 Å². The molecule has 0 unspecified atom stereocenters. The molecule has 1 aromatic carbocycles. The van der Waals surface area contributed by atoms with Gasteiger partial charge in [0.15, 0.2) is 10.9 Å². The Morgan fingerprint density at radius 3 is 2.77 bits per heavy atom. The summed E-state index contributed by atoms with van der Waals surface area (Å²) < 4.78 is 16.1. The van der Waals surface area contributed by atoms with Gasteiger partial charge in [0.25, 0.3) is 0 Å². The first-order chi connectivity index (χ1) is 14.5. The lowest BCUT2D eigenvalue weighted by atomic mass is 10.1. The minimum absolute atomic E-state index is 0.132. The smallest absolute Gasteiger partial charge is 0.250 e. The number of ether oxygens (including phenoxy) is 2. The van der Waals surface area contributed by atoms with E-state index in [0.717, 1.165) is 5.56 Å². The number of rotatable bonds is 8. The molecule has 2 aromatic heterocycles. The maximum Gasteiger partial charge on any atom is 0.250 e. The van der Waals surface area contributed by atoms with Crippen LogP contribution in [0.2, 0.25) is 0 Å². The Labute approximate surface area is 177 Å². The standard InChI is InChI=1S/C21H21N3O5S/c1-13(25)22-11-16-7-8-18(29-16)17-12-30-21(23-17)24-20(26)9-5-14-4-6-15(27-2)10-19(14)28-3/h4-10,12H,11H2,1-3H3,(H,22,25)(H,23,24,26)/b9-5+. The lowest BCUT2D eigenvalue weighted by molar-refractivity contribution is -0.119. The van der Waals surface area contributed by atoms with E-state index >= 15 is 0 Å². The Hall–Kier alpha value is -3.59. The maximum absolute atomic E-state index is 12.2. The van der Waals surface area contributed by atoms with E-state index in [9.17, 15) is 9.59 Å². The van der Waals surface area contributed by atoms with E-state index in [1.54, 1.807) is 56.0 Å². The van der Waals surface area contributed by atoms with Crippen molar-refractivity contribution < 1.29 is 23.5 Å². The van der Waals surface area contributed by atoms with Crippen LogP contribution in [0.15, 0.2) is 46.2 Å². The molecule has 0 aliphatic rings. The van der Waals surface area contributed by atoms with Gasteiger partial charge in [-0.05, 0) is 30.3 Å². The van der Waals surface area contributed by atoms with Crippen molar-refractivity contribution in [3.05, 3.63) is 53.1 Å². The Balaban J connectivity index is 1.62. The molecular formula is C21H21N3O5S. The predicted molar refractivity (Wildman–Crippen MR) is 115 cm³/mol. The van der Waals surface area contributed by atoms with Crippen LogP contribution in [0.1, 0.15) is 18.2 Å². The molecule has 0 spiro atoms. The molecule has 0 saturated heterocycles. The van der Waals surface area contributed by atoms with Crippen LogP contribution in [-0.4, -0.2) is 31.0 Å². The second kappa shape index (κ2) is 9.75. The molecule has 3 aromatic rings. The van der Waals surface area contributed by atoms with Gasteiger partial charge in [-0.2, -0.15) is 0 Å². The number of nitrogens with one attached hydrogen (secondary N) is 2. The van der Waals surface area contributed by atoms with E-state index in [2.05, 4.69) is 15.6 Å². The fraction of sp³-hybridized carbons (Fsp3) is 0.190. The zero-order chi connectivity index (χ0) is 21.5. The molecule has 8 nitrogen and oxygen atoms in total. The summed E-state index contributed by atoms with van der Waals surface area (Å²) in [4.78, 5) is 27.6. The number of nitrogens with zero attached hydrogens (tertiary/aromatic N) is 1. The van der Waals surface area contributed by atoms with Gasteiger partial charge >= 0.3 is 0 Å². The summed E-state index contributed by atoms with van der Waals surface area (Å²) in [5, 5.41) is 7.63. The monoisotopic (exact) mass is 427 g/mol. The molecule has 3 rings (SSSR count). The van der Waals surface area contributed by atoms with Crippen LogP contribution in [-0.2, 0) is 16.1 Å². The lowest BCUT2D eigenvalue weighted by Crippen LogP contribution is -2.18. The average Bonchev–Trinajstić information content (AvgIpc) is 3.40. The van der Waals surface area contributed by atoms with E-state index in [4.69, 9.17) is 13.9 Å². The fourth-order valence-corrected chi connectivity index (χ4v) is 3.24. The van der Waals surface area contributed by atoms with Crippen LogP contribution in [0.25, 0.3) is 17.5 Å². The van der Waals surface area contributed by atoms with E-state index < -0.39 is 0 Å². The number of hydrogen-bond donors (Lipinski definition) is 2. The molecular weight excluding hydrogens is 406 g/mol. The Kier molecular flexibility index (Phi) is 6.87. The topological polar surface area (TPSA) is 103 Å². The number of amides is 2. The summed E-state index contributed by atoms with van der Waals surface area (Å²) in [5.74, 6) is 2.00. The van der Waals surface area contributed by atoms with Gasteiger partial charge in [0.2, 0.25) is 11.8 Å². The van der Waals surface area contributed by atoms with Gasteiger partial charge in [0, 0.05) is 30.0 Å². The van der Waals surface area contributed by atoms with Gasteiger partial charge < -0.3 is 19.2 Å². The number of carbonyl (C=O) groups excluding carboxylic acids is 2. The van der Waals surface area contributed by atoms with Gasteiger partial charge in [0.1, 0.15) is 23.0 Å². The Bertz CT molecular complexity index is 1070. The number of methoxy groups -OCH3 is 2. The minimum atomic E-state index is -0.320. The SMILES string of the molecule is COc1ccc(/C=C/C(=O)Nc2nc(-c3ccc(CNC(C)=O)o3)cs2)c(OC)c1. The second-order valence-electron chi connectivity index (χ2n) is 6.14. The van der Waals surface area contributed by atoms with Gasteiger partial charge in [-0.25, -0.2) is 4.98 Å². The number of benzene rings is 1. The van der Waals surface area contributed by atoms with E-state index in [1.165, 1.54) is 24.3 Å². The van der Waals surface area contributed by atoms with Crippen molar-refractivity contribution in [2.45, 2.75) is 13.5 Å². The van der Waals surface area contributed by atoms with Crippen molar-refractivity contribution in [1.82, 2.24) is 10.3 Å². The highest BCUT2D eigenvalue weighted by Gasteiger charge is 2.11. The molecule has 9 heteroatoms. The van der Waals surface area contributed by atoms with Gasteiger partial charge in [-0.15, -0.1) is 11.3 Å². The highest BCUT2D eigenvalue weighted by atomic mass is 32.1. The summed E-state index contributed by atoms with van der Waals surface area (Å²) in [6.07, 6.45) is 3.06. The van der Waals surface area contributed by atoms with E-state index in [1.807, 2.05) is 0 Å². The first-order valence-corrected chi connectivity index (χ1v) is 9.86. The molecule has 0 fully saturated rings. The number of hydrogen-bond acceptors (Lipinski definition) is 7. The Morgan fingerprint density at radius 2 is 2.03 bits per heavy atom. The van der Waals surface area contributed by atoms with Crippen LogP contribution in [0, 0.1) is 0 Å². The normalized spacial score (nSPS) is 10.8. The quantitative estimate of drug-likeness (QED) is 0.531. The van der Waals surface area contributed by atoms with Crippen molar-refractivity contribution in [2.75, 3.05) is 19.5 Å². The number of furan rings is 1. The average molecular weight is 427 g/mol. The van der Waals surface area contributed by atoms with Crippen LogP contribution in [0.3, 0.4) is 0 Å². The fourth-order valence-electron chi connectivity index (χ4n) is 2.54. The van der Waals surface area contributed by atoms with Gasteiger partial charge in [-0.3, -0.25) is 14.9 Å². The van der Waals surface area contributed by atoms with Crippen LogP contribution in [0.5, 0.6) is 11.5 Å². The zero-order valence-electron chi connectivity index (χ0n) is 16.7. The molecule has 2 heterocycles. The first-order valence-electron chi connectivity index (χ1n) is 8.98. The summed E-state index contributed by atoms with van der Waals surface area (Å²) in [6, 6.07) is 8.88. The van der Waals surface area contributed by atoms with Crippen molar-refractivity contribution in [3.63, 3.8) is 0 Å². The maximum atomic E-state index is 12.2. The van der Waals surface area contributed by atoms with Crippen LogP contribution in [0.4, 0.5) is 5.13 Å². The lowest BCUT2D eigenvalue weighted by Gasteiger charge is -2.07. The summed E-state index contributed by atoms with van der Waals surface area (Å²) in [6.45, 7) is 1.75. The summed E-state index contributed by atoms with van der Waals surface area (Å²) >= 11 is 1.29. The van der Waals surface area contributed by atoms with Crippen molar-refractivity contribution in [3.8, 4) is 23.0 Å². The number of carbonyl (C=O) groups is 2. The first kappa shape index (κ1) is 21.1. The Morgan fingerprint density at radius 1 is 1.20 bits per heavy atom. The molecule has 2 amide bonds. The predicted octanol–water partition coefficient (Wildman–Crippen LogP) is 3.71. The molecule has 0 atom stereocenters. The molecule has 0 aliphatic heterocycles. The molecule has 2 N–H and O–H groups in total. The molecule has 0 bridgehead atoms. The largest absolute Gasteiger partial charge is 0.497 e. The third kappa shape index (κ3) is 5.48. The minimum Gasteiger partial charge on any atom is -0.497 e. The highest BCUT2D eigenvalue weighted by molar-refractivity contribution is 7.14. The third-order valence-corrected chi connectivity index (χ3v) is 4.77. The van der Waals surface area contributed by atoms with Crippen molar-refractivity contribution in [2.24, 2.45) is 0 Å². The molecule has 0 aliphatic carbocycles. The number of aromatic nitrogens is 1. The zero-order valence-corrected chi connectivity index (χ0v) is 17.5. The van der Waals surface area contributed by atoms with Crippen LogP contribution >= 0.6 is 11.3 Å². The third-order valence-electron chi connectivity index (χ3n) is 4.01. The summed E-state index contributed by atoms with van der Waals surface area (Å²) in [7, 11) is 3.13. The second-order valence-corrected chi connectivity index (χ2v) is 7.00. The number of thiazole rings is 1. The number of anilines is 1. The summed E-state index contributed by atoms with van der Waals surface area (Å²) in [5.41, 5.74) is 1.35. The highest BCUT2D eigenvalue weighted by Crippen LogP contribution is 2.27. The van der Waals surface area contributed by atoms with Gasteiger partial charge in [-0.1, -0.05) is 0 Å². The van der Waals surface area contributed by atoms with Crippen LogP contribution < -0.4 is 20.1 Å². The molecule has 0 radical (unpaired) electrons. The molecule has 30 heavy (non-hydrogen) atoms. The van der Waals surface area contributed by atoms with Crippen molar-refractivity contribution in [1.29, 1.82) is 0 Å². The van der Waals surface area contributed by atoms with E-state index in [0.29, 0.717) is 40.4 Å². The molecule has 0 saturated carbocycles.